The SMILES string of the molecule is Cn1cnc(Oc2nc(F)c(F)cc2F)n1. The van der Waals surface area contributed by atoms with Gasteiger partial charge >= 0.3 is 6.01 Å². The second-order valence-electron chi connectivity index (χ2n) is 2.85. The second-order valence-corrected chi connectivity index (χ2v) is 2.85. The van der Waals surface area contributed by atoms with Crippen LogP contribution in [0, 0.1) is 17.6 Å². The van der Waals surface area contributed by atoms with Crippen LogP contribution in [0.5, 0.6) is 11.9 Å². The van der Waals surface area contributed by atoms with Crippen LogP contribution >= 0.6 is 0 Å². The van der Waals surface area contributed by atoms with Gasteiger partial charge in [-0.1, -0.05) is 0 Å². The molecule has 0 amide bonds. The molecule has 0 N–H and O–H groups in total. The molecular weight excluding hydrogens is 225 g/mol. The summed E-state index contributed by atoms with van der Waals surface area (Å²) in [4.78, 5) is 6.56. The van der Waals surface area contributed by atoms with E-state index in [1.54, 1.807) is 7.05 Å². The minimum Gasteiger partial charge on any atom is -0.401 e. The number of pyridine rings is 1. The summed E-state index contributed by atoms with van der Waals surface area (Å²) in [5.74, 6) is -4.69. The molecule has 0 saturated carbocycles. The maximum absolute atomic E-state index is 13.1. The highest BCUT2D eigenvalue weighted by Gasteiger charge is 2.14. The van der Waals surface area contributed by atoms with E-state index < -0.39 is 23.5 Å². The Labute approximate surface area is 87.5 Å². The van der Waals surface area contributed by atoms with Crippen molar-refractivity contribution in [3.8, 4) is 11.9 Å². The number of hydrogen-bond donors (Lipinski definition) is 0. The molecule has 0 fully saturated rings. The molecule has 0 atom stereocenters. The number of hydrogen-bond acceptors (Lipinski definition) is 4. The number of rotatable bonds is 2. The van der Waals surface area contributed by atoms with E-state index in [0.29, 0.717) is 6.07 Å². The molecule has 0 bridgehead atoms. The molecule has 0 spiro atoms. The molecule has 0 aliphatic heterocycles. The third-order valence-corrected chi connectivity index (χ3v) is 1.62. The lowest BCUT2D eigenvalue weighted by Gasteiger charge is -2.01. The van der Waals surface area contributed by atoms with Gasteiger partial charge in [0.05, 0.1) is 0 Å². The van der Waals surface area contributed by atoms with Gasteiger partial charge in [-0.25, -0.2) is 8.78 Å². The quantitative estimate of drug-likeness (QED) is 0.732. The summed E-state index contributed by atoms with van der Waals surface area (Å²) in [7, 11) is 1.56. The molecule has 0 aromatic carbocycles. The van der Waals surface area contributed by atoms with Gasteiger partial charge in [0.25, 0.3) is 11.8 Å². The fraction of sp³-hybridized carbons (Fsp3) is 0.125. The van der Waals surface area contributed by atoms with Gasteiger partial charge in [0, 0.05) is 13.1 Å². The van der Waals surface area contributed by atoms with Crippen molar-refractivity contribution in [3.05, 3.63) is 30.0 Å². The van der Waals surface area contributed by atoms with Gasteiger partial charge in [-0.05, 0) is 0 Å². The highest BCUT2D eigenvalue weighted by Crippen LogP contribution is 2.20. The maximum atomic E-state index is 13.1. The fourth-order valence-electron chi connectivity index (χ4n) is 0.953. The van der Waals surface area contributed by atoms with E-state index >= 15 is 0 Å². The summed E-state index contributed by atoms with van der Waals surface area (Å²) in [6.07, 6.45) is 1.30. The smallest absolute Gasteiger partial charge is 0.342 e. The zero-order valence-electron chi connectivity index (χ0n) is 7.99. The van der Waals surface area contributed by atoms with Crippen molar-refractivity contribution in [1.82, 2.24) is 19.7 Å². The van der Waals surface area contributed by atoms with Gasteiger partial charge in [0.1, 0.15) is 6.33 Å². The maximum Gasteiger partial charge on any atom is 0.342 e. The van der Waals surface area contributed by atoms with E-state index in [-0.39, 0.29) is 6.01 Å². The third-order valence-electron chi connectivity index (χ3n) is 1.62. The molecule has 0 aliphatic carbocycles. The van der Waals surface area contributed by atoms with E-state index in [1.807, 2.05) is 0 Å². The van der Waals surface area contributed by atoms with Crippen LogP contribution in [0.15, 0.2) is 12.4 Å². The Morgan fingerprint density at radius 1 is 1.25 bits per heavy atom. The molecule has 84 valence electrons. The standard InChI is InChI=1S/C8H5F3N4O/c1-15-3-12-8(14-15)16-7-5(10)2-4(9)6(11)13-7/h2-3H,1H3. The fourth-order valence-corrected chi connectivity index (χ4v) is 0.953. The van der Waals surface area contributed by atoms with Crippen molar-refractivity contribution >= 4 is 0 Å². The monoisotopic (exact) mass is 230 g/mol. The Morgan fingerprint density at radius 2 is 2.00 bits per heavy atom. The van der Waals surface area contributed by atoms with Gasteiger partial charge in [0.15, 0.2) is 11.6 Å². The average molecular weight is 230 g/mol. The molecule has 0 saturated heterocycles. The van der Waals surface area contributed by atoms with Gasteiger partial charge in [-0.3, -0.25) is 4.68 Å². The van der Waals surface area contributed by atoms with Gasteiger partial charge < -0.3 is 4.74 Å². The first-order valence-electron chi connectivity index (χ1n) is 4.11. The molecule has 2 aromatic rings. The lowest BCUT2D eigenvalue weighted by molar-refractivity contribution is 0.367. The average Bonchev–Trinajstić information content (AvgIpc) is 2.60. The molecule has 8 heteroatoms. The van der Waals surface area contributed by atoms with Crippen LogP contribution in [0.3, 0.4) is 0 Å². The zero-order valence-corrected chi connectivity index (χ0v) is 7.99. The van der Waals surface area contributed by atoms with Crippen molar-refractivity contribution < 1.29 is 17.9 Å². The van der Waals surface area contributed by atoms with Gasteiger partial charge in [-0.15, -0.1) is 5.10 Å². The van der Waals surface area contributed by atoms with Crippen LogP contribution in [-0.4, -0.2) is 19.7 Å². The summed E-state index contributed by atoms with van der Waals surface area (Å²) >= 11 is 0. The molecule has 16 heavy (non-hydrogen) atoms. The lowest BCUT2D eigenvalue weighted by Crippen LogP contribution is -1.99. The number of aryl methyl sites for hydroxylation is 1. The van der Waals surface area contributed by atoms with E-state index in [4.69, 9.17) is 4.74 Å². The van der Waals surface area contributed by atoms with E-state index in [0.717, 1.165) is 0 Å². The zero-order chi connectivity index (χ0) is 11.7. The number of aromatic nitrogens is 4. The number of ether oxygens (including phenoxy) is 1. The molecule has 2 heterocycles. The number of nitrogens with zero attached hydrogens (tertiary/aromatic N) is 4. The first kappa shape index (κ1) is 10.4. The second kappa shape index (κ2) is 3.80. The van der Waals surface area contributed by atoms with Gasteiger partial charge in [-0.2, -0.15) is 14.4 Å². The Balaban J connectivity index is 2.31. The van der Waals surface area contributed by atoms with Crippen molar-refractivity contribution in [1.29, 1.82) is 0 Å². The minimum atomic E-state index is -1.45. The minimum absolute atomic E-state index is 0.208. The molecule has 0 aliphatic rings. The van der Waals surface area contributed by atoms with Crippen LogP contribution in [0.2, 0.25) is 0 Å². The molecule has 0 unspecified atom stereocenters. The van der Waals surface area contributed by atoms with Crippen LogP contribution < -0.4 is 4.74 Å². The van der Waals surface area contributed by atoms with Gasteiger partial charge in [0.2, 0.25) is 0 Å². The van der Waals surface area contributed by atoms with Crippen LogP contribution in [0.25, 0.3) is 0 Å². The topological polar surface area (TPSA) is 52.8 Å². The van der Waals surface area contributed by atoms with Crippen LogP contribution in [-0.2, 0) is 7.05 Å². The highest BCUT2D eigenvalue weighted by molar-refractivity contribution is 5.18. The largest absolute Gasteiger partial charge is 0.401 e. The summed E-state index contributed by atoms with van der Waals surface area (Å²) in [6, 6.07) is 0.126. The van der Waals surface area contributed by atoms with Crippen molar-refractivity contribution in [2.24, 2.45) is 7.05 Å². The lowest BCUT2D eigenvalue weighted by atomic mass is 10.4. The Kier molecular flexibility index (Phi) is 2.47. The Bertz CT molecular complexity index is 528. The van der Waals surface area contributed by atoms with E-state index in [9.17, 15) is 13.2 Å². The molecule has 2 rings (SSSR count). The predicted molar refractivity (Wildman–Crippen MR) is 45.2 cm³/mol. The summed E-state index contributed by atoms with van der Waals surface area (Å²) in [6.45, 7) is 0. The predicted octanol–water partition coefficient (Wildman–Crippen LogP) is 1.42. The van der Waals surface area contributed by atoms with Crippen molar-refractivity contribution in [2.75, 3.05) is 0 Å². The third kappa shape index (κ3) is 1.95. The van der Waals surface area contributed by atoms with Crippen molar-refractivity contribution in [3.63, 3.8) is 0 Å². The highest BCUT2D eigenvalue weighted by atomic mass is 19.2. The first-order valence-corrected chi connectivity index (χ1v) is 4.11. The first-order chi connectivity index (χ1) is 7.56. The van der Waals surface area contributed by atoms with E-state index in [1.165, 1.54) is 11.0 Å². The molecule has 0 radical (unpaired) electrons. The van der Waals surface area contributed by atoms with E-state index in [2.05, 4.69) is 15.1 Å². The molecular formula is C8H5F3N4O. The summed E-state index contributed by atoms with van der Waals surface area (Å²) < 4.78 is 44.3. The number of halogens is 3. The van der Waals surface area contributed by atoms with Crippen LogP contribution in [0.1, 0.15) is 0 Å². The molecule has 2 aromatic heterocycles. The normalized spacial score (nSPS) is 10.5. The Hall–Kier alpha value is -2.12. The summed E-state index contributed by atoms with van der Waals surface area (Å²) in [5, 5.41) is 3.66. The van der Waals surface area contributed by atoms with Crippen LogP contribution in [0.4, 0.5) is 13.2 Å². The molecule has 5 nitrogen and oxygen atoms in total. The Morgan fingerprint density at radius 3 is 2.62 bits per heavy atom. The van der Waals surface area contributed by atoms with Crippen molar-refractivity contribution in [2.45, 2.75) is 0 Å². The summed E-state index contributed by atoms with van der Waals surface area (Å²) in [5.41, 5.74) is 0.